The summed E-state index contributed by atoms with van der Waals surface area (Å²) in [5, 5.41) is 2.84. The number of rotatable bonds is 4. The lowest BCUT2D eigenvalue weighted by Crippen LogP contribution is -2.36. The van der Waals surface area contributed by atoms with Crippen molar-refractivity contribution in [1.82, 2.24) is 10.3 Å². The summed E-state index contributed by atoms with van der Waals surface area (Å²) in [6.07, 6.45) is 5.65. The van der Waals surface area contributed by atoms with Gasteiger partial charge in [0.1, 0.15) is 5.92 Å². The van der Waals surface area contributed by atoms with E-state index in [4.69, 9.17) is 0 Å². The smallest absolute Gasteiger partial charge is 0.239 e. The summed E-state index contributed by atoms with van der Waals surface area (Å²) in [5.74, 6) is -0.909. The van der Waals surface area contributed by atoms with Crippen LogP contribution in [0, 0.1) is 5.92 Å². The highest BCUT2D eigenvalue weighted by Gasteiger charge is 2.37. The Morgan fingerprint density at radius 3 is 2.92 bits per heavy atom. The van der Waals surface area contributed by atoms with Gasteiger partial charge in [0.2, 0.25) is 11.8 Å². The van der Waals surface area contributed by atoms with Crippen LogP contribution in [0.5, 0.6) is 0 Å². The van der Waals surface area contributed by atoms with Crippen molar-refractivity contribution in [1.29, 1.82) is 0 Å². The molecule has 1 aromatic carbocycles. The fraction of sp³-hybridized carbons (Fsp3) is 0.350. The lowest BCUT2D eigenvalue weighted by molar-refractivity contribution is -0.132. The van der Waals surface area contributed by atoms with E-state index in [1.54, 1.807) is 11.1 Å². The number of nitrogens with zero attached hydrogens (tertiary/aromatic N) is 2. The van der Waals surface area contributed by atoms with Crippen LogP contribution in [0.1, 0.15) is 29.7 Å². The Bertz CT molecular complexity index is 804. The molecule has 2 amide bonds. The third-order valence-corrected chi connectivity index (χ3v) is 5.09. The fourth-order valence-corrected chi connectivity index (χ4v) is 3.71. The molecule has 4 rings (SSSR count). The molecular weight excluding hydrogens is 314 g/mol. The zero-order valence-corrected chi connectivity index (χ0v) is 14.1. The number of carbonyl (C=O) groups excluding carboxylic acids is 2. The van der Waals surface area contributed by atoms with Gasteiger partial charge in [-0.1, -0.05) is 12.1 Å². The monoisotopic (exact) mass is 335 g/mol. The number of pyridine rings is 1. The molecule has 1 fully saturated rings. The molecule has 1 atom stereocenters. The zero-order valence-electron chi connectivity index (χ0n) is 14.1. The van der Waals surface area contributed by atoms with Gasteiger partial charge < -0.3 is 10.2 Å². The highest BCUT2D eigenvalue weighted by atomic mass is 16.2. The molecule has 0 bridgehead atoms. The molecule has 1 N–H and O–H groups in total. The maximum atomic E-state index is 12.7. The number of hydrogen-bond acceptors (Lipinski definition) is 3. The number of aryl methyl sites for hydroxylation is 2. The second kappa shape index (κ2) is 6.67. The molecule has 1 saturated heterocycles. The first-order chi connectivity index (χ1) is 12.2. The Hall–Kier alpha value is -2.69. The summed E-state index contributed by atoms with van der Waals surface area (Å²) in [5.41, 5.74) is 4.44. The second-order valence-electron chi connectivity index (χ2n) is 6.68. The summed E-state index contributed by atoms with van der Waals surface area (Å²) in [4.78, 5) is 31.1. The number of anilines is 1. The highest BCUT2D eigenvalue weighted by Crippen LogP contribution is 2.30. The molecule has 2 heterocycles. The van der Waals surface area contributed by atoms with Gasteiger partial charge in [0.25, 0.3) is 0 Å². The van der Waals surface area contributed by atoms with Crippen molar-refractivity contribution in [3.05, 3.63) is 59.4 Å². The SMILES string of the molecule is O=C(NCc1ccccn1)C1CCN(c2ccc3c(c2)CCC3)C1=O. The maximum Gasteiger partial charge on any atom is 0.239 e. The van der Waals surface area contributed by atoms with E-state index in [9.17, 15) is 9.59 Å². The molecule has 1 aromatic heterocycles. The topological polar surface area (TPSA) is 62.3 Å². The molecule has 0 spiro atoms. The predicted molar refractivity (Wildman–Crippen MR) is 95.0 cm³/mol. The molecule has 0 radical (unpaired) electrons. The number of aromatic nitrogens is 1. The molecule has 128 valence electrons. The first-order valence-corrected chi connectivity index (χ1v) is 8.83. The quantitative estimate of drug-likeness (QED) is 0.872. The minimum Gasteiger partial charge on any atom is -0.350 e. The molecule has 1 aliphatic carbocycles. The molecular formula is C20H21N3O2. The van der Waals surface area contributed by atoms with Gasteiger partial charge in [-0.2, -0.15) is 0 Å². The molecule has 25 heavy (non-hydrogen) atoms. The largest absolute Gasteiger partial charge is 0.350 e. The van der Waals surface area contributed by atoms with Gasteiger partial charge in [-0.3, -0.25) is 14.6 Å². The van der Waals surface area contributed by atoms with Gasteiger partial charge in [-0.25, -0.2) is 0 Å². The summed E-state index contributed by atoms with van der Waals surface area (Å²) in [6, 6.07) is 11.8. The molecule has 5 heteroatoms. The Kier molecular flexibility index (Phi) is 4.22. The molecule has 0 saturated carbocycles. The van der Waals surface area contributed by atoms with Crippen molar-refractivity contribution >= 4 is 17.5 Å². The van der Waals surface area contributed by atoms with Gasteiger partial charge in [-0.05, 0) is 61.1 Å². The maximum absolute atomic E-state index is 12.7. The Labute approximate surface area is 147 Å². The van der Waals surface area contributed by atoms with E-state index in [2.05, 4.69) is 22.4 Å². The second-order valence-corrected chi connectivity index (χ2v) is 6.68. The summed E-state index contributed by atoms with van der Waals surface area (Å²) in [6.45, 7) is 0.946. The van der Waals surface area contributed by atoms with Crippen molar-refractivity contribution in [2.45, 2.75) is 32.2 Å². The molecule has 1 unspecified atom stereocenters. The van der Waals surface area contributed by atoms with Gasteiger partial charge >= 0.3 is 0 Å². The van der Waals surface area contributed by atoms with Gasteiger partial charge in [0.15, 0.2) is 0 Å². The van der Waals surface area contributed by atoms with E-state index >= 15 is 0 Å². The molecule has 1 aliphatic heterocycles. The Morgan fingerprint density at radius 2 is 2.08 bits per heavy atom. The van der Waals surface area contributed by atoms with Crippen LogP contribution in [0.25, 0.3) is 0 Å². The Morgan fingerprint density at radius 1 is 1.20 bits per heavy atom. The average molecular weight is 335 g/mol. The van der Waals surface area contributed by atoms with E-state index in [0.717, 1.165) is 24.2 Å². The molecule has 2 aliphatic rings. The first-order valence-electron chi connectivity index (χ1n) is 8.83. The van der Waals surface area contributed by atoms with Gasteiger partial charge in [0, 0.05) is 18.4 Å². The van der Waals surface area contributed by atoms with Crippen LogP contribution >= 0.6 is 0 Å². The average Bonchev–Trinajstić information content (AvgIpc) is 3.26. The number of nitrogens with one attached hydrogen (secondary N) is 1. The van der Waals surface area contributed by atoms with Gasteiger partial charge in [0.05, 0.1) is 12.2 Å². The fourth-order valence-electron chi connectivity index (χ4n) is 3.71. The number of hydrogen-bond donors (Lipinski definition) is 1. The normalized spacial score (nSPS) is 19.1. The molecule has 5 nitrogen and oxygen atoms in total. The van der Waals surface area contributed by atoms with Crippen molar-refractivity contribution in [3.63, 3.8) is 0 Å². The minimum absolute atomic E-state index is 0.100. The van der Waals surface area contributed by atoms with Gasteiger partial charge in [-0.15, -0.1) is 0 Å². The van der Waals surface area contributed by atoms with Crippen molar-refractivity contribution in [3.8, 4) is 0 Å². The first kappa shape index (κ1) is 15.8. The third-order valence-electron chi connectivity index (χ3n) is 5.09. The number of carbonyl (C=O) groups is 2. The van der Waals surface area contributed by atoms with Crippen LogP contribution in [-0.4, -0.2) is 23.3 Å². The van der Waals surface area contributed by atoms with Crippen LogP contribution in [-0.2, 0) is 29.0 Å². The van der Waals surface area contributed by atoms with Crippen LogP contribution in [0.2, 0.25) is 0 Å². The predicted octanol–water partition coefficient (Wildman–Crippen LogP) is 2.24. The minimum atomic E-state index is -0.600. The number of fused-ring (bicyclic) bond motifs is 1. The summed E-state index contributed by atoms with van der Waals surface area (Å²) < 4.78 is 0. The van der Waals surface area contributed by atoms with Crippen molar-refractivity contribution in [2.75, 3.05) is 11.4 Å². The summed E-state index contributed by atoms with van der Waals surface area (Å²) >= 11 is 0. The van der Waals surface area contributed by atoms with Crippen LogP contribution in [0.3, 0.4) is 0 Å². The van der Waals surface area contributed by atoms with Crippen LogP contribution < -0.4 is 10.2 Å². The lowest BCUT2D eigenvalue weighted by Gasteiger charge is -2.18. The standard InChI is InChI=1S/C20H21N3O2/c24-19(22-13-16-6-1-2-10-21-16)18-9-11-23(20(18)25)17-8-7-14-4-3-5-15(14)12-17/h1-2,6-8,10,12,18H,3-5,9,11,13H2,(H,22,24). The van der Waals surface area contributed by atoms with Crippen LogP contribution in [0.15, 0.2) is 42.6 Å². The lowest BCUT2D eigenvalue weighted by atomic mass is 10.1. The highest BCUT2D eigenvalue weighted by molar-refractivity contribution is 6.09. The molecule has 2 aromatic rings. The van der Waals surface area contributed by atoms with E-state index in [1.807, 2.05) is 24.3 Å². The van der Waals surface area contributed by atoms with Crippen LogP contribution in [0.4, 0.5) is 5.69 Å². The zero-order chi connectivity index (χ0) is 17.2. The van der Waals surface area contributed by atoms with E-state index in [-0.39, 0.29) is 11.8 Å². The third kappa shape index (κ3) is 3.14. The van der Waals surface area contributed by atoms with Crippen molar-refractivity contribution < 1.29 is 9.59 Å². The van der Waals surface area contributed by atoms with Crippen molar-refractivity contribution in [2.24, 2.45) is 5.92 Å². The van der Waals surface area contributed by atoms with E-state index < -0.39 is 5.92 Å². The number of amides is 2. The van der Waals surface area contributed by atoms with E-state index in [0.29, 0.717) is 19.5 Å². The summed E-state index contributed by atoms with van der Waals surface area (Å²) in [7, 11) is 0. The number of benzene rings is 1. The van der Waals surface area contributed by atoms with E-state index in [1.165, 1.54) is 17.5 Å². The Balaban J connectivity index is 1.41.